The SMILES string of the molecule is CCc1ccc(CNC(C)C)cc1S(=O)(=O)NC. The van der Waals surface area contributed by atoms with Gasteiger partial charge in [-0.3, -0.25) is 0 Å². The van der Waals surface area contributed by atoms with Crippen molar-refractivity contribution in [2.24, 2.45) is 0 Å². The second kappa shape index (κ2) is 6.31. The van der Waals surface area contributed by atoms with E-state index in [9.17, 15) is 8.42 Å². The largest absolute Gasteiger partial charge is 0.310 e. The van der Waals surface area contributed by atoms with Crippen molar-refractivity contribution in [1.29, 1.82) is 0 Å². The van der Waals surface area contributed by atoms with Crippen LogP contribution < -0.4 is 10.0 Å². The normalized spacial score (nSPS) is 12.1. The Morgan fingerprint density at radius 2 is 1.94 bits per heavy atom. The van der Waals surface area contributed by atoms with Gasteiger partial charge >= 0.3 is 0 Å². The van der Waals surface area contributed by atoms with Crippen LogP contribution in [0.5, 0.6) is 0 Å². The molecule has 18 heavy (non-hydrogen) atoms. The monoisotopic (exact) mass is 270 g/mol. The molecular weight excluding hydrogens is 248 g/mol. The summed E-state index contributed by atoms with van der Waals surface area (Å²) in [7, 11) is -1.94. The molecule has 0 spiro atoms. The predicted molar refractivity (Wildman–Crippen MR) is 74.0 cm³/mol. The molecule has 0 saturated carbocycles. The van der Waals surface area contributed by atoms with E-state index in [1.54, 1.807) is 6.07 Å². The van der Waals surface area contributed by atoms with Crippen molar-refractivity contribution in [3.8, 4) is 0 Å². The lowest BCUT2D eigenvalue weighted by atomic mass is 10.1. The van der Waals surface area contributed by atoms with Crippen LogP contribution in [-0.4, -0.2) is 21.5 Å². The van der Waals surface area contributed by atoms with Gasteiger partial charge in [0.05, 0.1) is 4.90 Å². The number of benzene rings is 1. The van der Waals surface area contributed by atoms with Crippen molar-refractivity contribution in [3.05, 3.63) is 29.3 Å². The zero-order valence-electron chi connectivity index (χ0n) is 11.4. The molecule has 0 aliphatic heterocycles. The Bertz CT molecular complexity index is 496. The predicted octanol–water partition coefficient (Wildman–Crippen LogP) is 1.66. The molecule has 0 unspecified atom stereocenters. The summed E-state index contributed by atoms with van der Waals surface area (Å²) in [6.07, 6.45) is 0.703. The molecule has 4 nitrogen and oxygen atoms in total. The van der Waals surface area contributed by atoms with E-state index in [-0.39, 0.29) is 0 Å². The zero-order valence-corrected chi connectivity index (χ0v) is 12.3. The van der Waals surface area contributed by atoms with Gasteiger partial charge in [0.15, 0.2) is 0 Å². The summed E-state index contributed by atoms with van der Waals surface area (Å²) in [5.74, 6) is 0. The van der Waals surface area contributed by atoms with Gasteiger partial charge in [0.2, 0.25) is 10.0 Å². The smallest absolute Gasteiger partial charge is 0.240 e. The maximum absolute atomic E-state index is 11.9. The second-order valence-electron chi connectivity index (χ2n) is 4.54. The van der Waals surface area contributed by atoms with Gasteiger partial charge in [0, 0.05) is 12.6 Å². The standard InChI is InChI=1S/C13H22N2O2S/c1-5-12-7-6-11(9-15-10(2)3)8-13(12)18(16,17)14-4/h6-8,10,14-15H,5,9H2,1-4H3. The Labute approximate surface area is 110 Å². The van der Waals surface area contributed by atoms with Crippen molar-refractivity contribution in [1.82, 2.24) is 10.0 Å². The summed E-state index contributed by atoms with van der Waals surface area (Å²) in [5, 5.41) is 3.28. The third kappa shape index (κ3) is 3.80. The van der Waals surface area contributed by atoms with E-state index in [1.165, 1.54) is 7.05 Å². The molecule has 102 valence electrons. The highest BCUT2D eigenvalue weighted by atomic mass is 32.2. The summed E-state index contributed by atoms with van der Waals surface area (Å²) in [6, 6.07) is 5.99. The third-order valence-corrected chi connectivity index (χ3v) is 4.28. The fraction of sp³-hybridized carbons (Fsp3) is 0.538. The molecule has 1 aromatic carbocycles. The maximum atomic E-state index is 11.9. The molecule has 0 aliphatic rings. The highest BCUT2D eigenvalue weighted by molar-refractivity contribution is 7.89. The minimum Gasteiger partial charge on any atom is -0.310 e. The number of hydrogen-bond acceptors (Lipinski definition) is 3. The lowest BCUT2D eigenvalue weighted by molar-refractivity contribution is 0.582. The summed E-state index contributed by atoms with van der Waals surface area (Å²) in [6.45, 7) is 6.75. The first kappa shape index (κ1) is 15.1. The molecule has 0 aliphatic carbocycles. The number of rotatable bonds is 6. The van der Waals surface area contributed by atoms with E-state index in [0.717, 1.165) is 11.1 Å². The molecule has 0 fully saturated rings. The Balaban J connectivity index is 3.10. The first-order valence-electron chi connectivity index (χ1n) is 6.19. The molecular formula is C13H22N2O2S. The quantitative estimate of drug-likeness (QED) is 0.826. The summed E-state index contributed by atoms with van der Waals surface area (Å²) in [4.78, 5) is 0.385. The molecule has 0 heterocycles. The second-order valence-corrected chi connectivity index (χ2v) is 6.39. The molecule has 0 saturated heterocycles. The summed E-state index contributed by atoms with van der Waals surface area (Å²) in [5.41, 5.74) is 1.83. The number of hydrogen-bond donors (Lipinski definition) is 2. The van der Waals surface area contributed by atoms with Gasteiger partial charge in [-0.25, -0.2) is 13.1 Å². The van der Waals surface area contributed by atoms with E-state index in [0.29, 0.717) is 23.9 Å². The van der Waals surface area contributed by atoms with E-state index >= 15 is 0 Å². The van der Waals surface area contributed by atoms with Crippen LogP contribution >= 0.6 is 0 Å². The van der Waals surface area contributed by atoms with E-state index in [2.05, 4.69) is 23.9 Å². The number of nitrogens with one attached hydrogen (secondary N) is 2. The number of sulfonamides is 1. The molecule has 1 aromatic rings. The van der Waals surface area contributed by atoms with Gasteiger partial charge in [-0.1, -0.05) is 32.9 Å². The van der Waals surface area contributed by atoms with Crippen molar-refractivity contribution in [2.75, 3.05) is 7.05 Å². The zero-order chi connectivity index (χ0) is 13.8. The summed E-state index contributed by atoms with van der Waals surface area (Å²) < 4.78 is 26.3. The molecule has 0 radical (unpaired) electrons. The van der Waals surface area contributed by atoms with Crippen LogP contribution in [0.4, 0.5) is 0 Å². The van der Waals surface area contributed by atoms with Gasteiger partial charge in [-0.2, -0.15) is 0 Å². The highest BCUT2D eigenvalue weighted by Crippen LogP contribution is 2.18. The van der Waals surface area contributed by atoms with Gasteiger partial charge in [-0.05, 0) is 30.7 Å². The van der Waals surface area contributed by atoms with Crippen molar-refractivity contribution in [3.63, 3.8) is 0 Å². The molecule has 0 amide bonds. The van der Waals surface area contributed by atoms with Gasteiger partial charge in [0.25, 0.3) is 0 Å². The van der Waals surface area contributed by atoms with Crippen LogP contribution in [0.25, 0.3) is 0 Å². The molecule has 1 rings (SSSR count). The summed E-state index contributed by atoms with van der Waals surface area (Å²) >= 11 is 0. The molecule has 2 N–H and O–H groups in total. The Morgan fingerprint density at radius 3 is 2.44 bits per heavy atom. The van der Waals surface area contributed by atoms with Crippen LogP contribution in [0, 0.1) is 0 Å². The van der Waals surface area contributed by atoms with Crippen LogP contribution in [0.15, 0.2) is 23.1 Å². The molecule has 0 atom stereocenters. The van der Waals surface area contributed by atoms with E-state index in [4.69, 9.17) is 0 Å². The average molecular weight is 270 g/mol. The lowest BCUT2D eigenvalue weighted by Crippen LogP contribution is -2.23. The topological polar surface area (TPSA) is 58.2 Å². The maximum Gasteiger partial charge on any atom is 0.240 e. The lowest BCUT2D eigenvalue weighted by Gasteiger charge is -2.12. The van der Waals surface area contributed by atoms with E-state index < -0.39 is 10.0 Å². The Morgan fingerprint density at radius 1 is 1.28 bits per heavy atom. The van der Waals surface area contributed by atoms with Crippen LogP contribution in [0.1, 0.15) is 31.9 Å². The van der Waals surface area contributed by atoms with Gasteiger partial charge < -0.3 is 5.32 Å². The van der Waals surface area contributed by atoms with Crippen LogP contribution in [0.2, 0.25) is 0 Å². The first-order chi connectivity index (χ1) is 8.40. The van der Waals surface area contributed by atoms with Crippen molar-refractivity contribution in [2.45, 2.75) is 44.7 Å². The molecule has 0 bridgehead atoms. The fourth-order valence-corrected chi connectivity index (χ4v) is 2.77. The number of aryl methyl sites for hydroxylation is 1. The minimum atomic E-state index is -3.38. The Hall–Kier alpha value is -0.910. The molecule has 5 heteroatoms. The fourth-order valence-electron chi connectivity index (χ4n) is 1.68. The minimum absolute atomic E-state index is 0.375. The van der Waals surface area contributed by atoms with Crippen molar-refractivity contribution < 1.29 is 8.42 Å². The van der Waals surface area contributed by atoms with Crippen LogP contribution in [-0.2, 0) is 23.0 Å². The van der Waals surface area contributed by atoms with Gasteiger partial charge in [0.1, 0.15) is 0 Å². The van der Waals surface area contributed by atoms with E-state index in [1.807, 2.05) is 19.1 Å². The van der Waals surface area contributed by atoms with Crippen LogP contribution in [0.3, 0.4) is 0 Å². The van der Waals surface area contributed by atoms with Gasteiger partial charge in [-0.15, -0.1) is 0 Å². The van der Waals surface area contributed by atoms with Crippen molar-refractivity contribution >= 4 is 10.0 Å². The average Bonchev–Trinajstić information content (AvgIpc) is 2.36. The highest BCUT2D eigenvalue weighted by Gasteiger charge is 2.16. The third-order valence-electron chi connectivity index (χ3n) is 2.79. The molecule has 0 aromatic heterocycles. The first-order valence-corrected chi connectivity index (χ1v) is 7.67. The Kier molecular flexibility index (Phi) is 5.31.